The first-order valence-electron chi connectivity index (χ1n) is 3.99. The molecule has 0 spiro atoms. The molecule has 4 heteroatoms. The lowest BCUT2D eigenvalue weighted by molar-refractivity contribution is -0.306. The fraction of sp³-hybridized carbons (Fsp3) is 0.556. The van der Waals surface area contributed by atoms with Crippen molar-refractivity contribution in [2.45, 2.75) is 32.8 Å². The van der Waals surface area contributed by atoms with Gasteiger partial charge in [0.25, 0.3) is 0 Å². The zero-order valence-corrected chi connectivity index (χ0v) is 7.83. The molecule has 13 heavy (non-hydrogen) atoms. The molecule has 0 N–H and O–H groups in total. The summed E-state index contributed by atoms with van der Waals surface area (Å²) in [7, 11) is 0. The van der Waals surface area contributed by atoms with Gasteiger partial charge in [0.2, 0.25) is 0 Å². The van der Waals surface area contributed by atoms with Crippen molar-refractivity contribution in [3.05, 3.63) is 12.2 Å². The average Bonchev–Trinajstić information content (AvgIpc) is 2.00. The van der Waals surface area contributed by atoms with Crippen LogP contribution >= 0.6 is 0 Å². The fourth-order valence-electron chi connectivity index (χ4n) is 0.663. The van der Waals surface area contributed by atoms with Gasteiger partial charge in [-0.15, -0.1) is 0 Å². The second-order valence-electron chi connectivity index (χ2n) is 2.91. The van der Waals surface area contributed by atoms with Crippen LogP contribution < -0.4 is 5.11 Å². The molecule has 0 aliphatic heterocycles. The van der Waals surface area contributed by atoms with Crippen molar-refractivity contribution >= 4 is 11.9 Å². The van der Waals surface area contributed by atoms with Gasteiger partial charge in [0.05, 0.1) is 6.10 Å². The minimum absolute atomic E-state index is 0.107. The highest BCUT2D eigenvalue weighted by Gasteiger charge is 2.09. The number of hydrogen-bond donors (Lipinski definition) is 0. The number of esters is 1. The summed E-state index contributed by atoms with van der Waals surface area (Å²) in [6, 6.07) is 0. The van der Waals surface area contributed by atoms with Crippen molar-refractivity contribution in [2.75, 3.05) is 0 Å². The zero-order valence-electron chi connectivity index (χ0n) is 7.83. The van der Waals surface area contributed by atoms with Crippen molar-refractivity contribution in [3.63, 3.8) is 0 Å². The van der Waals surface area contributed by atoms with E-state index in [0.29, 0.717) is 5.57 Å². The number of rotatable bonds is 5. The summed E-state index contributed by atoms with van der Waals surface area (Å²) in [5.41, 5.74) is 0.306. The second-order valence-corrected chi connectivity index (χ2v) is 2.91. The molecular formula is C9H13O4-. The Bertz CT molecular complexity index is 220. The quantitative estimate of drug-likeness (QED) is 0.447. The third-order valence-electron chi connectivity index (χ3n) is 1.41. The predicted molar refractivity (Wildman–Crippen MR) is 44.6 cm³/mol. The molecule has 0 radical (unpaired) electrons. The molecule has 1 unspecified atom stereocenters. The molecule has 0 rings (SSSR count). The van der Waals surface area contributed by atoms with Gasteiger partial charge >= 0.3 is 5.97 Å². The van der Waals surface area contributed by atoms with E-state index in [1.165, 1.54) is 6.92 Å². The fourth-order valence-corrected chi connectivity index (χ4v) is 0.663. The van der Waals surface area contributed by atoms with Crippen LogP contribution in [-0.2, 0) is 14.3 Å². The van der Waals surface area contributed by atoms with Crippen LogP contribution in [0.4, 0.5) is 0 Å². The summed E-state index contributed by atoms with van der Waals surface area (Å²) in [6.45, 7) is 6.56. The average molecular weight is 185 g/mol. The van der Waals surface area contributed by atoms with E-state index in [-0.39, 0.29) is 12.8 Å². The number of hydrogen-bond acceptors (Lipinski definition) is 4. The van der Waals surface area contributed by atoms with Gasteiger partial charge in [-0.2, -0.15) is 0 Å². The molecule has 0 aromatic rings. The van der Waals surface area contributed by atoms with E-state index in [9.17, 15) is 14.7 Å². The summed E-state index contributed by atoms with van der Waals surface area (Å²) in [6.07, 6.45) is -0.256. The lowest BCUT2D eigenvalue weighted by atomic mass is 10.2. The van der Waals surface area contributed by atoms with Crippen molar-refractivity contribution in [1.29, 1.82) is 0 Å². The Hall–Kier alpha value is -1.32. The van der Waals surface area contributed by atoms with E-state index in [4.69, 9.17) is 4.74 Å². The highest BCUT2D eigenvalue weighted by atomic mass is 16.5. The van der Waals surface area contributed by atoms with Gasteiger partial charge in [-0.25, -0.2) is 4.79 Å². The number of ether oxygens (including phenoxy) is 1. The summed E-state index contributed by atoms with van der Waals surface area (Å²) in [5, 5.41) is 10.1. The number of carboxylic acids is 1. The largest absolute Gasteiger partial charge is 0.550 e. The van der Waals surface area contributed by atoms with Crippen LogP contribution in [-0.4, -0.2) is 18.0 Å². The maximum atomic E-state index is 10.9. The third kappa shape index (κ3) is 5.90. The molecule has 0 bridgehead atoms. The van der Waals surface area contributed by atoms with Crippen LogP contribution in [0.5, 0.6) is 0 Å². The molecular weight excluding hydrogens is 172 g/mol. The molecule has 0 saturated carbocycles. The Balaban J connectivity index is 3.74. The van der Waals surface area contributed by atoms with Gasteiger partial charge in [0.15, 0.2) is 0 Å². The van der Waals surface area contributed by atoms with E-state index in [1.54, 1.807) is 6.92 Å². The molecule has 0 aliphatic rings. The maximum absolute atomic E-state index is 10.9. The molecule has 0 saturated heterocycles. The molecule has 74 valence electrons. The highest BCUT2D eigenvalue weighted by molar-refractivity contribution is 5.87. The van der Waals surface area contributed by atoms with E-state index >= 15 is 0 Å². The van der Waals surface area contributed by atoms with Crippen molar-refractivity contribution < 1.29 is 19.4 Å². The minimum Gasteiger partial charge on any atom is -0.550 e. The Morgan fingerprint density at radius 3 is 2.46 bits per heavy atom. The van der Waals surface area contributed by atoms with Crippen LogP contribution in [0.1, 0.15) is 26.7 Å². The molecule has 0 amide bonds. The van der Waals surface area contributed by atoms with Crippen molar-refractivity contribution in [3.8, 4) is 0 Å². The van der Waals surface area contributed by atoms with Crippen LogP contribution in [0.2, 0.25) is 0 Å². The van der Waals surface area contributed by atoms with Gasteiger partial charge in [-0.1, -0.05) is 6.58 Å². The predicted octanol–water partition coefficient (Wildman–Crippen LogP) is 0.0243. The Morgan fingerprint density at radius 2 is 2.08 bits per heavy atom. The van der Waals surface area contributed by atoms with Gasteiger partial charge in [0.1, 0.15) is 0 Å². The molecule has 0 heterocycles. The Kier molecular flexibility index (Phi) is 4.80. The lowest BCUT2D eigenvalue weighted by Gasteiger charge is -2.12. The monoisotopic (exact) mass is 185 g/mol. The van der Waals surface area contributed by atoms with Crippen molar-refractivity contribution in [1.82, 2.24) is 0 Å². The third-order valence-corrected chi connectivity index (χ3v) is 1.41. The lowest BCUT2D eigenvalue weighted by Crippen LogP contribution is -2.24. The smallest absolute Gasteiger partial charge is 0.333 e. The molecule has 0 aliphatic carbocycles. The normalized spacial score (nSPS) is 11.8. The zero-order chi connectivity index (χ0) is 10.4. The van der Waals surface area contributed by atoms with E-state index in [2.05, 4.69) is 6.58 Å². The highest BCUT2D eigenvalue weighted by Crippen LogP contribution is 2.04. The molecule has 0 aromatic carbocycles. The number of aliphatic carboxylic acids is 1. The molecule has 0 aromatic heterocycles. The second kappa shape index (κ2) is 5.35. The van der Waals surface area contributed by atoms with Gasteiger partial charge in [-0.3, -0.25) is 0 Å². The first-order chi connectivity index (χ1) is 5.93. The molecule has 4 nitrogen and oxygen atoms in total. The van der Waals surface area contributed by atoms with Crippen LogP contribution in [0, 0.1) is 0 Å². The van der Waals surface area contributed by atoms with Crippen LogP contribution in [0.3, 0.4) is 0 Å². The minimum atomic E-state index is -1.14. The summed E-state index contributed by atoms with van der Waals surface area (Å²) >= 11 is 0. The summed E-state index contributed by atoms with van der Waals surface area (Å²) in [4.78, 5) is 21.0. The van der Waals surface area contributed by atoms with Gasteiger partial charge < -0.3 is 14.6 Å². The van der Waals surface area contributed by atoms with Gasteiger partial charge in [-0.05, 0) is 26.7 Å². The molecule has 1 atom stereocenters. The standard InChI is InChI=1S/C9H14O4/c1-6(2)9(12)13-7(3)4-5-8(10)11/h7H,1,4-5H2,2-3H3,(H,10,11)/p-1. The summed E-state index contributed by atoms with van der Waals surface area (Å²) < 4.78 is 4.83. The number of carboxylic acid groups (broad SMARTS) is 1. The topological polar surface area (TPSA) is 66.4 Å². The Morgan fingerprint density at radius 1 is 1.54 bits per heavy atom. The van der Waals surface area contributed by atoms with E-state index in [1.807, 2.05) is 0 Å². The maximum Gasteiger partial charge on any atom is 0.333 e. The van der Waals surface area contributed by atoms with Crippen molar-refractivity contribution in [2.24, 2.45) is 0 Å². The van der Waals surface area contributed by atoms with Crippen LogP contribution in [0.25, 0.3) is 0 Å². The first-order valence-corrected chi connectivity index (χ1v) is 3.99. The van der Waals surface area contributed by atoms with E-state index < -0.39 is 18.0 Å². The van der Waals surface area contributed by atoms with Gasteiger partial charge in [0, 0.05) is 11.5 Å². The molecule has 0 fully saturated rings. The SMILES string of the molecule is C=C(C)C(=O)OC(C)CCC(=O)[O-]. The number of carbonyl (C=O) groups is 2. The first kappa shape index (κ1) is 11.7. The van der Waals surface area contributed by atoms with E-state index in [0.717, 1.165) is 0 Å². The Labute approximate surface area is 77.2 Å². The summed E-state index contributed by atoms with van der Waals surface area (Å²) in [5.74, 6) is -1.64. The van der Waals surface area contributed by atoms with Crippen LogP contribution in [0.15, 0.2) is 12.2 Å². The number of carbonyl (C=O) groups excluding carboxylic acids is 2.